The van der Waals surface area contributed by atoms with Crippen molar-refractivity contribution in [2.45, 2.75) is 24.3 Å². The number of aliphatic hydroxyl groups excluding tert-OH is 2. The lowest BCUT2D eigenvalue weighted by molar-refractivity contribution is -0.197. The molecule has 4 N–H and O–H groups in total. The molecule has 1 saturated heterocycles. The van der Waals surface area contributed by atoms with Gasteiger partial charge in [0.1, 0.15) is 12.2 Å². The third kappa shape index (κ3) is 2.68. The molecule has 8 nitrogen and oxygen atoms in total. The number of ether oxygens (including phenoxy) is 1. The lowest BCUT2D eigenvalue weighted by atomic mass is 10.1. The maximum absolute atomic E-state index is 14.2. The van der Waals surface area contributed by atoms with E-state index in [0.29, 0.717) is 4.57 Å². The molecule has 10 heteroatoms. The number of rotatable bonds is 3. The van der Waals surface area contributed by atoms with Gasteiger partial charge in [-0.2, -0.15) is 0 Å². The van der Waals surface area contributed by atoms with Crippen LogP contribution in [0, 0.1) is 0 Å². The minimum absolute atomic E-state index is 0.0171. The topological polar surface area (TPSA) is 125 Å². The summed E-state index contributed by atoms with van der Waals surface area (Å²) in [6.45, 7) is 2.77. The van der Waals surface area contributed by atoms with E-state index in [-0.39, 0.29) is 9.14 Å². The van der Waals surface area contributed by atoms with Crippen molar-refractivity contribution in [3.63, 3.8) is 0 Å². The molecule has 4 atom stereocenters. The molecule has 1 aromatic heterocycles. The number of nitrogens with zero attached hydrogens (tertiary/aromatic N) is 1. The van der Waals surface area contributed by atoms with Crippen LogP contribution in [0.25, 0.3) is 3.58 Å². The Balaban J connectivity index is 2.57. The number of aromatic amines is 1. The smallest absolute Gasteiger partial charge is 0.330 e. The fourth-order valence-electron chi connectivity index (χ4n) is 2.00. The van der Waals surface area contributed by atoms with Gasteiger partial charge in [0.15, 0.2) is 6.23 Å². The zero-order chi connectivity index (χ0) is 15.9. The van der Waals surface area contributed by atoms with Crippen molar-refractivity contribution in [1.29, 1.82) is 0 Å². The van der Waals surface area contributed by atoms with E-state index in [4.69, 9.17) is 9.84 Å². The highest BCUT2D eigenvalue weighted by Crippen LogP contribution is 2.38. The summed E-state index contributed by atoms with van der Waals surface area (Å²) < 4.78 is 20.0. The maximum Gasteiger partial charge on any atom is 0.330 e. The number of alkyl halides is 1. The quantitative estimate of drug-likeness (QED) is 0.464. The van der Waals surface area contributed by atoms with Crippen molar-refractivity contribution in [3.8, 4) is 0 Å². The summed E-state index contributed by atoms with van der Waals surface area (Å²) in [6, 6.07) is 0. The van der Waals surface area contributed by atoms with E-state index < -0.39 is 42.1 Å². The van der Waals surface area contributed by atoms with Crippen LogP contribution in [0.1, 0.15) is 11.8 Å². The molecule has 0 spiro atoms. The molecular formula is C11H12FIN2O6. The first kappa shape index (κ1) is 16.3. The second kappa shape index (κ2) is 5.61. The molecule has 0 unspecified atom stereocenters. The fraction of sp³-hybridized carbons (Fsp3) is 0.455. The lowest BCUT2D eigenvalue weighted by Gasteiger charge is -2.23. The Kier molecular flexibility index (Phi) is 4.35. The average Bonchev–Trinajstić information content (AvgIpc) is 2.61. The number of nitrogens with one attached hydrogen (secondary N) is 1. The summed E-state index contributed by atoms with van der Waals surface area (Å²) >= 11 is 1.73. The van der Waals surface area contributed by atoms with Gasteiger partial charge in [-0.3, -0.25) is 14.3 Å². The number of H-pyrrole nitrogens is 1. The molecule has 0 aliphatic carbocycles. The molecule has 0 amide bonds. The van der Waals surface area contributed by atoms with Crippen LogP contribution < -0.4 is 11.2 Å². The molecular weight excluding hydrogens is 402 g/mol. The summed E-state index contributed by atoms with van der Waals surface area (Å²) in [6.07, 6.45) is -4.39. The molecule has 2 rings (SSSR count). The highest BCUT2D eigenvalue weighted by Gasteiger charge is 2.57. The van der Waals surface area contributed by atoms with E-state index in [1.54, 1.807) is 22.6 Å². The Bertz CT molecular complexity index is 684. The van der Waals surface area contributed by atoms with Gasteiger partial charge < -0.3 is 20.1 Å². The van der Waals surface area contributed by atoms with Crippen LogP contribution >= 0.6 is 22.6 Å². The van der Waals surface area contributed by atoms with E-state index >= 15 is 0 Å². The van der Waals surface area contributed by atoms with Crippen LogP contribution in [-0.2, 0) is 4.74 Å². The van der Waals surface area contributed by atoms with Gasteiger partial charge in [-0.05, 0) is 22.6 Å². The highest BCUT2D eigenvalue weighted by molar-refractivity contribution is 14.1. The molecule has 2 heterocycles. The summed E-state index contributed by atoms with van der Waals surface area (Å²) in [5, 5.41) is 28.2. The number of halogens is 2. The van der Waals surface area contributed by atoms with E-state index in [1.807, 2.05) is 4.98 Å². The fourth-order valence-corrected chi connectivity index (χ4v) is 2.38. The summed E-state index contributed by atoms with van der Waals surface area (Å²) in [4.78, 5) is 25.3. The molecule has 116 valence electrons. The van der Waals surface area contributed by atoms with Gasteiger partial charge in [0.25, 0.3) is 11.4 Å². The number of hydrogen-bond donors (Lipinski definition) is 4. The van der Waals surface area contributed by atoms with Crippen LogP contribution in [0.5, 0.6) is 0 Å². The van der Waals surface area contributed by atoms with Gasteiger partial charge >= 0.3 is 5.69 Å². The third-order valence-electron chi connectivity index (χ3n) is 3.11. The second-order valence-electron chi connectivity index (χ2n) is 4.50. The van der Waals surface area contributed by atoms with Gasteiger partial charge in [-0.25, -0.2) is 9.18 Å². The van der Waals surface area contributed by atoms with E-state index in [2.05, 4.69) is 6.58 Å². The van der Waals surface area contributed by atoms with Crippen molar-refractivity contribution in [2.75, 3.05) is 6.61 Å². The number of aromatic nitrogens is 2. The van der Waals surface area contributed by atoms with Gasteiger partial charge in [0.2, 0.25) is 0 Å². The molecule has 21 heavy (non-hydrogen) atoms. The van der Waals surface area contributed by atoms with Crippen LogP contribution in [0.15, 0.2) is 22.4 Å². The molecule has 1 fully saturated rings. The van der Waals surface area contributed by atoms with E-state index in [0.717, 1.165) is 6.20 Å². The largest absolute Gasteiger partial charge is 0.394 e. The lowest BCUT2D eigenvalue weighted by Crippen LogP contribution is -2.46. The Labute approximate surface area is 130 Å². The molecule has 0 bridgehead atoms. The van der Waals surface area contributed by atoms with Crippen LogP contribution in [-0.4, -0.2) is 49.5 Å². The SMILES string of the molecule is C=C(I)c1cn([C@@H]2O[C@H](CO)[C@@H](O)[C@]2(O)F)c(=O)[nH]c1=O. The van der Waals surface area contributed by atoms with Crippen molar-refractivity contribution in [3.05, 3.63) is 39.2 Å². The minimum Gasteiger partial charge on any atom is -0.394 e. The average molecular weight is 414 g/mol. The first-order valence-electron chi connectivity index (χ1n) is 5.76. The zero-order valence-corrected chi connectivity index (χ0v) is 12.7. The Morgan fingerprint density at radius 1 is 1.62 bits per heavy atom. The molecule has 0 radical (unpaired) electrons. The Morgan fingerprint density at radius 2 is 2.24 bits per heavy atom. The van der Waals surface area contributed by atoms with Gasteiger partial charge in [0.05, 0.1) is 12.2 Å². The monoisotopic (exact) mass is 414 g/mol. The summed E-state index contributed by atoms with van der Waals surface area (Å²) in [5.41, 5.74) is -1.78. The highest BCUT2D eigenvalue weighted by atomic mass is 127. The van der Waals surface area contributed by atoms with Crippen molar-refractivity contribution >= 4 is 26.2 Å². The van der Waals surface area contributed by atoms with E-state index in [9.17, 15) is 24.2 Å². The molecule has 1 aromatic rings. The Morgan fingerprint density at radius 3 is 2.71 bits per heavy atom. The van der Waals surface area contributed by atoms with Gasteiger partial charge in [-0.1, -0.05) is 6.58 Å². The summed E-state index contributed by atoms with van der Waals surface area (Å²) in [7, 11) is 0. The predicted octanol–water partition coefficient (Wildman–Crippen LogP) is -1.15. The standard InChI is InChI=1S/C11H12FIN2O6/c1-4(13)5-2-15(10(19)14-8(5)18)9-11(12,20)7(17)6(3-16)21-9/h2,6-7,9,16-17,20H,1,3H2,(H,14,18,19)/t6-,7-,9-,11-/m1/s1. The zero-order valence-electron chi connectivity index (χ0n) is 10.5. The maximum atomic E-state index is 14.2. The van der Waals surface area contributed by atoms with Crippen molar-refractivity contribution < 1.29 is 24.4 Å². The molecule has 1 aliphatic heterocycles. The first-order chi connectivity index (χ1) is 9.70. The first-order valence-corrected chi connectivity index (χ1v) is 6.84. The van der Waals surface area contributed by atoms with Crippen LogP contribution in [0.2, 0.25) is 0 Å². The van der Waals surface area contributed by atoms with Gasteiger partial charge in [0, 0.05) is 9.78 Å². The van der Waals surface area contributed by atoms with Crippen molar-refractivity contribution in [1.82, 2.24) is 9.55 Å². The second-order valence-corrected chi connectivity index (χ2v) is 5.80. The third-order valence-corrected chi connectivity index (χ3v) is 3.69. The van der Waals surface area contributed by atoms with Gasteiger partial charge in [-0.15, -0.1) is 0 Å². The van der Waals surface area contributed by atoms with Crippen LogP contribution in [0.3, 0.4) is 0 Å². The Hall–Kier alpha value is -1.08. The molecule has 0 aromatic carbocycles. The summed E-state index contributed by atoms with van der Waals surface area (Å²) in [5.74, 6) is -3.31. The number of hydrogen-bond acceptors (Lipinski definition) is 6. The predicted molar refractivity (Wildman–Crippen MR) is 77.4 cm³/mol. The number of aliphatic hydroxyl groups is 3. The normalized spacial score (nSPS) is 32.3. The molecule has 0 saturated carbocycles. The van der Waals surface area contributed by atoms with Crippen molar-refractivity contribution in [2.24, 2.45) is 0 Å². The minimum atomic E-state index is -3.31. The van der Waals surface area contributed by atoms with E-state index in [1.165, 1.54) is 0 Å². The van der Waals surface area contributed by atoms with Crippen LogP contribution in [0.4, 0.5) is 4.39 Å². The molecule has 1 aliphatic rings.